The number of phenols is 1. The van der Waals surface area contributed by atoms with E-state index in [-0.39, 0.29) is 39.7 Å². The molecule has 11 atom stereocenters. The zero-order chi connectivity index (χ0) is 36.6. The third-order valence-corrected chi connectivity index (χ3v) is 15.5. The molecule has 0 radical (unpaired) electrons. The number of methoxy groups -OCH3 is 1. The number of carbonyl (C=O) groups excluding carboxylic acids is 2. The largest absolute Gasteiger partial charge is 0.504 e. The molecule has 2 N–H and O–H groups in total. The van der Waals surface area contributed by atoms with Gasteiger partial charge in [0.2, 0.25) is 0 Å². The molecule has 4 fully saturated rings. The summed E-state index contributed by atoms with van der Waals surface area (Å²) in [6.45, 7) is 17.6. The number of hydrogen-bond acceptors (Lipinski definition) is 7. The molecule has 1 aromatic carbocycles. The molecule has 0 heterocycles. The van der Waals surface area contributed by atoms with Crippen molar-refractivity contribution in [1.29, 1.82) is 0 Å². The lowest BCUT2D eigenvalue weighted by atomic mass is 9.33. The van der Waals surface area contributed by atoms with Gasteiger partial charge >= 0.3 is 17.9 Å². The molecular weight excluding hydrogens is 632 g/mol. The second kappa shape index (κ2) is 12.4. The Morgan fingerprint density at radius 1 is 0.940 bits per heavy atom. The monoisotopic (exact) mass is 690 g/mol. The summed E-state index contributed by atoms with van der Waals surface area (Å²) in [4.78, 5) is 39.1. The van der Waals surface area contributed by atoms with Gasteiger partial charge in [-0.1, -0.05) is 66.2 Å². The number of aromatic hydroxyl groups is 1. The standard InChI is InChI=1S/C42H58O8/c1-24-16-19-42(37(46)47)21-20-40(7)28(35(42)25(24)2)12-14-33-39(6)23-31(49-26(3)43)36(38(4,5)32(39)17-18-41(33,40)8)50-34(45)15-11-27-10-13-29(44)30(22-27)48-9/h10-13,15,22,24-25,31-33,35-36,44H,14,16-21,23H2,1-9H3,(H,46,47). The summed E-state index contributed by atoms with van der Waals surface area (Å²) in [6, 6.07) is 4.84. The second-order valence-electron chi connectivity index (χ2n) is 17.9. The predicted molar refractivity (Wildman–Crippen MR) is 191 cm³/mol. The van der Waals surface area contributed by atoms with E-state index in [9.17, 15) is 24.6 Å². The smallest absolute Gasteiger partial charge is 0.331 e. The fraction of sp³-hybridized carbons (Fsp3) is 0.690. The Kier molecular flexibility index (Phi) is 9.08. The van der Waals surface area contributed by atoms with Crippen LogP contribution in [0.5, 0.6) is 11.5 Å². The van der Waals surface area contributed by atoms with Gasteiger partial charge in [0.1, 0.15) is 12.2 Å². The highest BCUT2D eigenvalue weighted by Crippen LogP contribution is 2.76. The number of allylic oxidation sites excluding steroid dienone is 2. The van der Waals surface area contributed by atoms with Crippen LogP contribution in [0.4, 0.5) is 0 Å². The van der Waals surface area contributed by atoms with E-state index in [1.165, 1.54) is 31.7 Å². The molecule has 274 valence electrons. The molecule has 8 heteroatoms. The van der Waals surface area contributed by atoms with Gasteiger partial charge in [-0.05, 0) is 121 Å². The number of benzene rings is 1. The van der Waals surface area contributed by atoms with Crippen molar-refractivity contribution in [3.8, 4) is 11.5 Å². The van der Waals surface area contributed by atoms with Gasteiger partial charge in [-0.2, -0.15) is 0 Å². The Bertz CT molecular complexity index is 1610. The zero-order valence-electron chi connectivity index (χ0n) is 31.5. The first-order valence-electron chi connectivity index (χ1n) is 18.7. The van der Waals surface area contributed by atoms with Crippen molar-refractivity contribution in [3.63, 3.8) is 0 Å². The minimum atomic E-state index is -0.686. The number of carboxylic acid groups (broad SMARTS) is 1. The average Bonchev–Trinajstić information content (AvgIpc) is 3.04. The number of rotatable bonds is 6. The van der Waals surface area contributed by atoms with Gasteiger partial charge in [0.15, 0.2) is 11.5 Å². The maximum Gasteiger partial charge on any atom is 0.331 e. The molecule has 50 heavy (non-hydrogen) atoms. The number of carbonyl (C=O) groups is 3. The lowest BCUT2D eigenvalue weighted by Crippen LogP contribution is -2.68. The Balaban J connectivity index is 1.33. The van der Waals surface area contributed by atoms with Crippen molar-refractivity contribution >= 4 is 24.0 Å². The van der Waals surface area contributed by atoms with Crippen molar-refractivity contribution in [1.82, 2.24) is 0 Å². The van der Waals surface area contributed by atoms with Gasteiger partial charge < -0.3 is 24.4 Å². The fourth-order valence-corrected chi connectivity index (χ4v) is 12.6. The first-order chi connectivity index (χ1) is 23.4. The summed E-state index contributed by atoms with van der Waals surface area (Å²) in [5.41, 5.74) is 0.469. The van der Waals surface area contributed by atoms with E-state index in [1.54, 1.807) is 18.2 Å². The summed E-state index contributed by atoms with van der Waals surface area (Å²) < 4.78 is 17.5. The molecule has 0 aliphatic heterocycles. The molecule has 5 aliphatic rings. The molecule has 11 unspecified atom stereocenters. The SMILES string of the molecule is COc1cc(C=CC(=O)OC2C(OC(C)=O)CC3(C)C(CCC4(C)C3CC=C3C5C(C)C(C)CCC5(C(=O)O)CCC34C)C2(C)C)ccc1O. The highest BCUT2D eigenvalue weighted by Gasteiger charge is 2.71. The van der Waals surface area contributed by atoms with Crippen molar-refractivity contribution in [2.75, 3.05) is 7.11 Å². The quantitative estimate of drug-likeness (QED) is 0.173. The molecule has 8 nitrogen and oxygen atoms in total. The van der Waals surface area contributed by atoms with Gasteiger partial charge in [-0.25, -0.2) is 4.79 Å². The van der Waals surface area contributed by atoms with E-state index in [2.05, 4.69) is 54.5 Å². The van der Waals surface area contributed by atoms with Crippen LogP contribution in [0.2, 0.25) is 0 Å². The topological polar surface area (TPSA) is 119 Å². The van der Waals surface area contributed by atoms with Crippen LogP contribution in [0.25, 0.3) is 6.08 Å². The maximum atomic E-state index is 13.4. The minimum Gasteiger partial charge on any atom is -0.504 e. The Hall–Kier alpha value is -3.29. The summed E-state index contributed by atoms with van der Waals surface area (Å²) in [7, 11) is 1.47. The van der Waals surface area contributed by atoms with E-state index >= 15 is 0 Å². The number of ether oxygens (including phenoxy) is 3. The lowest BCUT2D eigenvalue weighted by molar-refractivity contribution is -0.243. The van der Waals surface area contributed by atoms with Crippen molar-refractivity contribution in [2.24, 2.45) is 56.7 Å². The second-order valence-corrected chi connectivity index (χ2v) is 17.9. The lowest BCUT2D eigenvalue weighted by Gasteiger charge is -2.71. The van der Waals surface area contributed by atoms with E-state index in [0.717, 1.165) is 38.5 Å². The van der Waals surface area contributed by atoms with Crippen LogP contribution in [-0.4, -0.2) is 47.4 Å². The highest BCUT2D eigenvalue weighted by atomic mass is 16.6. The van der Waals surface area contributed by atoms with Crippen LogP contribution in [-0.2, 0) is 23.9 Å². The van der Waals surface area contributed by atoms with Crippen LogP contribution in [0.15, 0.2) is 35.9 Å². The average molecular weight is 691 g/mol. The maximum absolute atomic E-state index is 13.4. The number of carboxylic acids is 1. The molecule has 0 bridgehead atoms. The van der Waals surface area contributed by atoms with Gasteiger partial charge in [-0.15, -0.1) is 0 Å². The molecule has 0 spiro atoms. The Morgan fingerprint density at radius 3 is 2.32 bits per heavy atom. The predicted octanol–water partition coefficient (Wildman–Crippen LogP) is 8.61. The van der Waals surface area contributed by atoms with Crippen LogP contribution in [0.3, 0.4) is 0 Å². The number of hydrogen-bond donors (Lipinski definition) is 2. The van der Waals surface area contributed by atoms with Gasteiger partial charge in [0.25, 0.3) is 0 Å². The molecular formula is C42H58O8. The van der Waals surface area contributed by atoms with Crippen molar-refractivity contribution in [3.05, 3.63) is 41.5 Å². The summed E-state index contributed by atoms with van der Waals surface area (Å²) in [6.07, 6.45) is 10.9. The highest BCUT2D eigenvalue weighted by molar-refractivity contribution is 5.87. The fourth-order valence-electron chi connectivity index (χ4n) is 12.6. The van der Waals surface area contributed by atoms with Crippen molar-refractivity contribution < 1.29 is 38.8 Å². The number of fused-ring (bicyclic) bond motifs is 7. The first-order valence-corrected chi connectivity index (χ1v) is 18.7. The molecule has 0 aromatic heterocycles. The molecule has 4 saturated carbocycles. The van der Waals surface area contributed by atoms with E-state index in [1.807, 2.05) is 0 Å². The van der Waals surface area contributed by atoms with E-state index in [4.69, 9.17) is 14.2 Å². The van der Waals surface area contributed by atoms with Gasteiger partial charge in [-0.3, -0.25) is 9.59 Å². The molecule has 1 aromatic rings. The molecule has 6 rings (SSSR count). The Labute approximate surface area is 298 Å². The van der Waals surface area contributed by atoms with E-state index in [0.29, 0.717) is 36.0 Å². The third-order valence-electron chi connectivity index (χ3n) is 15.5. The van der Waals surface area contributed by atoms with E-state index < -0.39 is 40.9 Å². The normalized spacial score (nSPS) is 41.8. The van der Waals surface area contributed by atoms with Gasteiger partial charge in [0, 0.05) is 18.4 Å². The van der Waals surface area contributed by atoms with Crippen LogP contribution in [0.1, 0.15) is 112 Å². The summed E-state index contributed by atoms with van der Waals surface area (Å²) in [5.74, 6) is 0.113. The molecule has 0 saturated heterocycles. The summed E-state index contributed by atoms with van der Waals surface area (Å²) >= 11 is 0. The van der Waals surface area contributed by atoms with Gasteiger partial charge in [0.05, 0.1) is 12.5 Å². The number of esters is 2. The van der Waals surface area contributed by atoms with Crippen LogP contribution < -0.4 is 4.74 Å². The van der Waals surface area contributed by atoms with Crippen molar-refractivity contribution in [2.45, 2.75) is 119 Å². The zero-order valence-corrected chi connectivity index (χ0v) is 31.5. The summed E-state index contributed by atoms with van der Waals surface area (Å²) in [5, 5.41) is 20.7. The van der Waals surface area contributed by atoms with Crippen LogP contribution >= 0.6 is 0 Å². The number of phenolic OH excluding ortho intramolecular Hbond substituents is 1. The number of aliphatic carboxylic acids is 1. The molecule has 5 aliphatic carbocycles. The van der Waals surface area contributed by atoms with Crippen LogP contribution in [0, 0.1) is 56.7 Å². The Morgan fingerprint density at radius 2 is 1.66 bits per heavy atom. The minimum absolute atomic E-state index is 0.0145. The third kappa shape index (κ3) is 5.32. The molecule has 0 amide bonds. The first kappa shape index (κ1) is 36.5.